The molecule has 14 nitrogen and oxygen atoms in total. The maximum Gasteiger partial charge on any atom is 0.220 e. The topological polar surface area (TPSA) is 228 Å². The van der Waals surface area contributed by atoms with Gasteiger partial charge in [0.15, 0.2) is 12.6 Å². The van der Waals surface area contributed by atoms with E-state index in [2.05, 4.69) is 67.8 Å². The molecule has 12 atom stereocenters. The molecule has 1 amide bonds. The smallest absolute Gasteiger partial charge is 0.220 e. The van der Waals surface area contributed by atoms with E-state index < -0.39 is 86.8 Å². The number of carbonyl (C=O) groups excluding carboxylic acids is 1. The van der Waals surface area contributed by atoms with Crippen LogP contribution in [0.2, 0.25) is 0 Å². The van der Waals surface area contributed by atoms with Gasteiger partial charge in [0.05, 0.1) is 32.0 Å². The van der Waals surface area contributed by atoms with Crippen LogP contribution in [0.25, 0.3) is 0 Å². The van der Waals surface area contributed by atoms with Gasteiger partial charge < -0.3 is 65.1 Å². The molecule has 2 rings (SSSR count). The first kappa shape index (κ1) is 55.8. The maximum atomic E-state index is 13.1. The number of aliphatic hydroxyl groups is 8. The first-order valence-electron chi connectivity index (χ1n) is 23.5. The Labute approximate surface area is 371 Å². The van der Waals surface area contributed by atoms with Crippen LogP contribution in [0.1, 0.15) is 142 Å². The van der Waals surface area contributed by atoms with Crippen molar-refractivity contribution in [2.75, 3.05) is 19.8 Å². The average Bonchev–Trinajstić information content (AvgIpc) is 3.27. The van der Waals surface area contributed by atoms with E-state index in [1.54, 1.807) is 6.08 Å². The third-order valence-electron chi connectivity index (χ3n) is 11.2. The number of unbranched alkanes of at least 4 members (excludes halogenated alkanes) is 13. The molecule has 0 aromatic heterocycles. The predicted octanol–water partition coefficient (Wildman–Crippen LogP) is 5.10. The van der Waals surface area contributed by atoms with E-state index in [-0.39, 0.29) is 18.9 Å². The van der Waals surface area contributed by atoms with Gasteiger partial charge in [0.25, 0.3) is 0 Å². The lowest BCUT2D eigenvalue weighted by Crippen LogP contribution is -2.65. The molecule has 2 saturated heterocycles. The number of carbonyl (C=O) groups is 1. The van der Waals surface area contributed by atoms with Crippen LogP contribution in [0, 0.1) is 0 Å². The molecule has 9 N–H and O–H groups in total. The highest BCUT2D eigenvalue weighted by atomic mass is 16.7. The third kappa shape index (κ3) is 22.5. The van der Waals surface area contributed by atoms with Gasteiger partial charge in [-0.3, -0.25) is 4.79 Å². The summed E-state index contributed by atoms with van der Waals surface area (Å²) in [5, 5.41) is 86.2. The largest absolute Gasteiger partial charge is 0.394 e. The summed E-state index contributed by atoms with van der Waals surface area (Å²) in [6, 6.07) is -0.937. The van der Waals surface area contributed by atoms with E-state index in [9.17, 15) is 45.6 Å². The van der Waals surface area contributed by atoms with Crippen LogP contribution in [-0.4, -0.2) is 140 Å². The van der Waals surface area contributed by atoms with Crippen molar-refractivity contribution in [3.05, 3.63) is 60.8 Å². The molecule has 2 aliphatic rings. The fraction of sp³-hybridized carbons (Fsp3) is 0.771. The molecule has 0 aliphatic carbocycles. The minimum Gasteiger partial charge on any atom is -0.394 e. The molecule has 12 unspecified atom stereocenters. The third-order valence-corrected chi connectivity index (χ3v) is 11.2. The predicted molar refractivity (Wildman–Crippen MR) is 240 cm³/mol. The molecular weight excluding hydrogens is 799 g/mol. The SMILES string of the molecule is CCC/C=C/CC/C=C/C(O)C(COC1OC(CO)C(OC2OC(CO)C(O)C(O)C2O)C(O)C1O)NC(=O)CCCCCCCC/C=C\C/C=C\C/C=C\CCCCCCC. The van der Waals surface area contributed by atoms with Gasteiger partial charge in [-0.2, -0.15) is 0 Å². The summed E-state index contributed by atoms with van der Waals surface area (Å²) >= 11 is 0. The Balaban J connectivity index is 1.80. The monoisotopic (exact) mass is 882 g/mol. The number of nitrogens with one attached hydrogen (secondary N) is 1. The fourth-order valence-electron chi connectivity index (χ4n) is 7.26. The summed E-state index contributed by atoms with van der Waals surface area (Å²) in [6.45, 7) is 2.60. The van der Waals surface area contributed by atoms with E-state index >= 15 is 0 Å². The Bertz CT molecular complexity index is 1270. The lowest BCUT2D eigenvalue weighted by atomic mass is 9.97. The van der Waals surface area contributed by atoms with Gasteiger partial charge in [0.1, 0.15) is 48.8 Å². The van der Waals surface area contributed by atoms with Crippen molar-refractivity contribution in [1.29, 1.82) is 0 Å². The highest BCUT2D eigenvalue weighted by molar-refractivity contribution is 5.76. The van der Waals surface area contributed by atoms with Crippen LogP contribution >= 0.6 is 0 Å². The molecular formula is C48H83NO13. The van der Waals surface area contributed by atoms with Crippen molar-refractivity contribution in [2.24, 2.45) is 0 Å². The zero-order chi connectivity index (χ0) is 45.4. The lowest BCUT2D eigenvalue weighted by Gasteiger charge is -2.46. The fourth-order valence-corrected chi connectivity index (χ4v) is 7.26. The lowest BCUT2D eigenvalue weighted by molar-refractivity contribution is -0.359. The highest BCUT2D eigenvalue weighted by Gasteiger charge is 2.50. The van der Waals surface area contributed by atoms with Crippen molar-refractivity contribution in [3.8, 4) is 0 Å². The molecule has 0 aromatic carbocycles. The summed E-state index contributed by atoms with van der Waals surface area (Å²) in [4.78, 5) is 13.1. The quantitative estimate of drug-likeness (QED) is 0.0304. The summed E-state index contributed by atoms with van der Waals surface area (Å²) in [5.74, 6) is -0.270. The summed E-state index contributed by atoms with van der Waals surface area (Å²) < 4.78 is 22.5. The number of amides is 1. The van der Waals surface area contributed by atoms with Crippen LogP contribution in [0.4, 0.5) is 0 Å². The first-order chi connectivity index (χ1) is 30.1. The van der Waals surface area contributed by atoms with E-state index in [0.717, 1.165) is 70.6 Å². The van der Waals surface area contributed by atoms with Gasteiger partial charge in [-0.15, -0.1) is 0 Å². The number of hydrogen-bond acceptors (Lipinski definition) is 13. The molecule has 62 heavy (non-hydrogen) atoms. The number of ether oxygens (including phenoxy) is 4. The van der Waals surface area contributed by atoms with E-state index in [1.165, 1.54) is 38.5 Å². The van der Waals surface area contributed by atoms with Gasteiger partial charge in [0, 0.05) is 6.42 Å². The summed E-state index contributed by atoms with van der Waals surface area (Å²) in [6.07, 6.45) is 24.5. The first-order valence-corrected chi connectivity index (χ1v) is 23.5. The van der Waals surface area contributed by atoms with Crippen LogP contribution < -0.4 is 5.32 Å². The Morgan fingerprint density at radius 1 is 0.581 bits per heavy atom. The van der Waals surface area contributed by atoms with E-state index in [4.69, 9.17) is 18.9 Å². The van der Waals surface area contributed by atoms with E-state index in [1.807, 2.05) is 6.08 Å². The molecule has 0 radical (unpaired) electrons. The minimum absolute atomic E-state index is 0.255. The molecule has 2 fully saturated rings. The van der Waals surface area contributed by atoms with Crippen LogP contribution in [0.15, 0.2) is 60.8 Å². The number of allylic oxidation sites excluding steroid dienone is 9. The molecule has 2 aliphatic heterocycles. The number of rotatable bonds is 34. The van der Waals surface area contributed by atoms with Gasteiger partial charge in [-0.05, 0) is 64.2 Å². The zero-order valence-electron chi connectivity index (χ0n) is 37.6. The second-order valence-corrected chi connectivity index (χ2v) is 16.5. The molecule has 2 heterocycles. The zero-order valence-corrected chi connectivity index (χ0v) is 37.6. The molecule has 0 saturated carbocycles. The number of hydrogen-bond donors (Lipinski definition) is 9. The second kappa shape index (κ2) is 35.0. The molecule has 0 spiro atoms. The minimum atomic E-state index is -1.79. The summed E-state index contributed by atoms with van der Waals surface area (Å²) in [7, 11) is 0. The van der Waals surface area contributed by atoms with Gasteiger partial charge in [0.2, 0.25) is 5.91 Å². The van der Waals surface area contributed by atoms with Crippen molar-refractivity contribution in [2.45, 2.75) is 216 Å². The Kier molecular flexibility index (Phi) is 31.5. The average molecular weight is 882 g/mol. The Morgan fingerprint density at radius 2 is 1.11 bits per heavy atom. The van der Waals surface area contributed by atoms with Crippen LogP contribution in [0.3, 0.4) is 0 Å². The maximum absolute atomic E-state index is 13.1. The van der Waals surface area contributed by atoms with Crippen molar-refractivity contribution < 1.29 is 64.6 Å². The second-order valence-electron chi connectivity index (χ2n) is 16.5. The Morgan fingerprint density at radius 3 is 1.74 bits per heavy atom. The molecule has 0 aromatic rings. The van der Waals surface area contributed by atoms with E-state index in [0.29, 0.717) is 12.8 Å². The van der Waals surface area contributed by atoms with Crippen LogP contribution in [-0.2, 0) is 23.7 Å². The molecule has 358 valence electrons. The number of aliphatic hydroxyl groups excluding tert-OH is 8. The van der Waals surface area contributed by atoms with Gasteiger partial charge in [-0.25, -0.2) is 0 Å². The molecule has 14 heteroatoms. The summed E-state index contributed by atoms with van der Waals surface area (Å²) in [5.41, 5.74) is 0. The van der Waals surface area contributed by atoms with Crippen LogP contribution in [0.5, 0.6) is 0 Å². The molecule has 0 bridgehead atoms. The Hall–Kier alpha value is -2.31. The standard InChI is InChI=1S/C48H83NO13/c1-3-5-7-9-11-12-13-14-15-16-17-18-19-20-21-22-23-24-26-28-30-32-40(53)49-36(37(52)31-29-27-25-10-8-6-4-2)35-59-47-45(58)43(56)46(39(34-51)61-47)62-48-44(57)42(55)41(54)38(33-50)60-48/h8,10,13-14,16-17,19-20,29,31,36-39,41-48,50-52,54-58H,3-7,9,11-12,15,18,21-28,30,32-35H2,1-2H3,(H,49,53)/b10-8+,14-13-,17-16-,20-19-,31-29+. The normalized spacial score (nSPS) is 28.3. The highest BCUT2D eigenvalue weighted by Crippen LogP contribution is 2.30. The van der Waals surface area contributed by atoms with Gasteiger partial charge in [-0.1, -0.05) is 132 Å². The van der Waals surface area contributed by atoms with Crippen molar-refractivity contribution in [1.82, 2.24) is 5.32 Å². The van der Waals surface area contributed by atoms with Crippen molar-refractivity contribution >= 4 is 5.91 Å². The van der Waals surface area contributed by atoms with Gasteiger partial charge >= 0.3 is 0 Å². The van der Waals surface area contributed by atoms with Crippen molar-refractivity contribution in [3.63, 3.8) is 0 Å².